The van der Waals surface area contributed by atoms with Crippen molar-refractivity contribution in [1.82, 2.24) is 5.32 Å². The van der Waals surface area contributed by atoms with Gasteiger partial charge >= 0.3 is 198 Å². The van der Waals surface area contributed by atoms with Crippen LogP contribution in [0.3, 0.4) is 0 Å². The van der Waals surface area contributed by atoms with Crippen molar-refractivity contribution in [3.8, 4) is 0 Å². The Balaban J connectivity index is 0. The zero-order chi connectivity index (χ0) is 94.3. The Morgan fingerprint density at radius 3 is 0.404 bits per heavy atom. The zero-order valence-corrected chi connectivity index (χ0v) is 51.0. The number of alkyl halides is 66. The maximum absolute atomic E-state index is 14.3. The summed E-state index contributed by atoms with van der Waals surface area (Å²) in [6, 6.07) is 0. The predicted molar refractivity (Wildman–Crippen MR) is 219 cm³/mol. The largest absolute Gasteiger partial charge is 0.472 e. The normalized spacial score (nSPS) is 16.9. The highest BCUT2D eigenvalue weighted by molar-refractivity contribution is 7.47. The minimum absolute atomic E-state index is 0.139. The van der Waals surface area contributed by atoms with Crippen molar-refractivity contribution in [2.24, 2.45) is 0 Å². The van der Waals surface area contributed by atoms with E-state index >= 15 is 0 Å². The van der Waals surface area contributed by atoms with Crippen molar-refractivity contribution in [3.63, 3.8) is 0 Å². The lowest BCUT2D eigenvalue weighted by Crippen LogP contribution is -2.80. The molecule has 0 amide bonds. The molecule has 0 aromatic heterocycles. The third-order valence-corrected chi connectivity index (χ3v) is 14.8. The molecule has 0 rings (SSSR count). The molecule has 0 saturated heterocycles. The first-order chi connectivity index (χ1) is 48.3. The average molecular weight is 1900 g/mol. The fraction of sp³-hybridized carbons (Fsp3) is 1.00. The first-order valence-electron chi connectivity index (χ1n) is 25.3. The monoisotopic (exact) mass is 1890 g/mol. The van der Waals surface area contributed by atoms with Crippen LogP contribution in [0.1, 0.15) is 12.8 Å². The average Bonchev–Trinajstić information content (AvgIpc) is 0.684. The van der Waals surface area contributed by atoms with Gasteiger partial charge in [0.25, 0.3) is 0 Å². The number of hydrogen-bond donors (Lipinski definition) is 4. The molecule has 0 aromatic carbocycles. The number of aliphatic hydroxyl groups excluding tert-OH is 2. The second-order valence-electron chi connectivity index (χ2n) is 21.3. The standard InChI is InChI=1S/C36H9F66O4P.C4H11NO2/c37-5(38,7(41,42)9(45,46)11(49,50)13(53,54)15(57,58)17(61,62)19(65,66)21(69,70)23(73,74)25(77,78)27(81,82)29(85,86)31(89,90)33(93,94)35(97,98)99)1-3-105-107(103,104)106-4-2-6(39,40)8(43,44)10(47,48)12(51,52)14(55,56)16(59,60)18(63,64)20(67,68)22(71,72)24(75,76)26(79,80)28(83,84)30(87,88)32(91,92)34(95,96)36(100,101)102;6-3-1-5-2-4-7/h1-4H2,(H,103,104);5-7H,1-4H2. The molecule has 0 saturated carbocycles. The van der Waals surface area contributed by atoms with Crippen LogP contribution in [0.25, 0.3) is 0 Å². The smallest absolute Gasteiger partial charge is 0.395 e. The summed E-state index contributed by atoms with van der Waals surface area (Å²) in [6.45, 7) is -6.17. The lowest BCUT2D eigenvalue weighted by molar-refractivity contribution is -0.491. The van der Waals surface area contributed by atoms with E-state index in [0.29, 0.717) is 13.1 Å². The van der Waals surface area contributed by atoms with Crippen molar-refractivity contribution in [1.29, 1.82) is 0 Å². The van der Waals surface area contributed by atoms with Crippen LogP contribution in [0.5, 0.6) is 0 Å². The third-order valence-electron chi connectivity index (χ3n) is 13.8. The van der Waals surface area contributed by atoms with Crippen LogP contribution in [0, 0.1) is 0 Å². The summed E-state index contributed by atoms with van der Waals surface area (Å²) in [6.07, 6.45) is -26.2. The van der Waals surface area contributed by atoms with Crippen LogP contribution >= 0.6 is 7.82 Å². The van der Waals surface area contributed by atoms with Crippen molar-refractivity contribution in [3.05, 3.63) is 0 Å². The topological polar surface area (TPSA) is 108 Å². The highest BCUT2D eigenvalue weighted by atomic mass is 31.2. The van der Waals surface area contributed by atoms with Gasteiger partial charge in [0.1, 0.15) is 0 Å². The van der Waals surface area contributed by atoms with Crippen molar-refractivity contribution in [2.75, 3.05) is 39.5 Å². The number of hydrogen-bond acceptors (Lipinski definition) is 6. The van der Waals surface area contributed by atoms with E-state index in [1.54, 1.807) is 0 Å². The molecule has 0 aliphatic carbocycles. The van der Waals surface area contributed by atoms with Crippen molar-refractivity contribution in [2.45, 2.75) is 203 Å². The zero-order valence-electron chi connectivity index (χ0n) is 50.1. The quantitative estimate of drug-likeness (QED) is 0.0275. The van der Waals surface area contributed by atoms with E-state index in [1.165, 1.54) is 0 Å². The van der Waals surface area contributed by atoms with E-state index in [1.807, 2.05) is 0 Å². The van der Waals surface area contributed by atoms with Gasteiger partial charge in [0, 0.05) is 25.9 Å². The molecule has 74 heteroatoms. The van der Waals surface area contributed by atoms with Gasteiger partial charge in [-0.1, -0.05) is 0 Å². The maximum Gasteiger partial charge on any atom is 0.472 e. The van der Waals surface area contributed by atoms with Gasteiger partial charge in [-0.05, 0) is 0 Å². The summed E-state index contributed by atoms with van der Waals surface area (Å²) in [5, 5.41) is 19.1. The third kappa shape index (κ3) is 14.9. The number of phosphoric acid groups is 1. The fourth-order valence-corrected chi connectivity index (χ4v) is 7.48. The number of nitrogens with one attached hydrogen (secondary N) is 1. The van der Waals surface area contributed by atoms with Crippen LogP contribution in [0.4, 0.5) is 290 Å². The molecule has 0 unspecified atom stereocenters. The Bertz CT molecular complexity index is 3090. The SMILES string of the molecule is O=P(O)(OCCC(F)(F)C(F)(F)C(F)(F)C(F)(F)C(F)(F)C(F)(F)C(F)(F)C(F)(F)C(F)(F)C(F)(F)C(F)(F)C(F)(F)C(F)(F)C(F)(F)C(F)(F)C(F)(F)F)OCCC(F)(F)C(F)(F)C(F)(F)C(F)(F)C(F)(F)C(F)(F)C(F)(F)C(F)(F)C(F)(F)C(F)(F)C(F)(F)C(F)(F)C(F)(F)C(F)(F)C(F)(F)C(F)(F)F.OCCNCCO. The molecule has 0 radical (unpaired) electrons. The van der Waals surface area contributed by atoms with Gasteiger partial charge in [0.05, 0.1) is 26.4 Å². The van der Waals surface area contributed by atoms with Crippen molar-refractivity contribution < 1.29 is 318 Å². The first-order valence-corrected chi connectivity index (χ1v) is 26.8. The van der Waals surface area contributed by atoms with Crippen LogP contribution in [0.2, 0.25) is 0 Å². The minimum Gasteiger partial charge on any atom is -0.395 e. The van der Waals surface area contributed by atoms with E-state index < -0.39 is 224 Å². The van der Waals surface area contributed by atoms with Gasteiger partial charge < -0.3 is 20.4 Å². The number of halogens is 66. The summed E-state index contributed by atoms with van der Waals surface area (Å²) in [5.41, 5.74) is 0. The van der Waals surface area contributed by atoms with E-state index in [-0.39, 0.29) is 13.2 Å². The molecule has 688 valence electrons. The van der Waals surface area contributed by atoms with Gasteiger partial charge in [0.2, 0.25) is 0 Å². The summed E-state index contributed by atoms with van der Waals surface area (Å²) in [5.74, 6) is -302. The Hall–Kier alpha value is -4.63. The molecular formula is C40H20F66NO6P. The maximum atomic E-state index is 14.3. The van der Waals surface area contributed by atoms with Crippen molar-refractivity contribution >= 4 is 7.82 Å². The van der Waals surface area contributed by atoms with E-state index in [9.17, 15) is 294 Å². The lowest BCUT2D eigenvalue weighted by atomic mass is 9.82. The van der Waals surface area contributed by atoms with Gasteiger partial charge in [-0.3, -0.25) is 9.05 Å². The van der Waals surface area contributed by atoms with Crippen LogP contribution in [-0.4, -0.2) is 245 Å². The summed E-state index contributed by atoms with van der Waals surface area (Å²) in [7, 11) is -7.70. The molecule has 0 spiro atoms. The highest BCUT2D eigenvalue weighted by Crippen LogP contribution is 2.74. The summed E-state index contributed by atoms with van der Waals surface area (Å²) in [4.78, 5) is 9.07. The molecule has 0 bridgehead atoms. The minimum atomic E-state index is -10.7. The van der Waals surface area contributed by atoms with E-state index in [0.717, 1.165) is 0 Å². The molecule has 0 heterocycles. The molecule has 114 heavy (non-hydrogen) atoms. The first kappa shape index (κ1) is 111. The molecule has 0 aliphatic rings. The molecule has 0 fully saturated rings. The lowest BCUT2D eigenvalue weighted by Gasteiger charge is -2.47. The Labute approximate surface area is 575 Å². The van der Waals surface area contributed by atoms with E-state index in [2.05, 4.69) is 14.4 Å². The van der Waals surface area contributed by atoms with Crippen LogP contribution in [-0.2, 0) is 13.6 Å². The number of rotatable bonds is 40. The number of aliphatic hydroxyl groups is 2. The van der Waals surface area contributed by atoms with Crippen LogP contribution < -0.4 is 5.32 Å². The molecule has 0 aliphatic heterocycles. The Morgan fingerprint density at radius 2 is 0.298 bits per heavy atom. The number of phosphoric ester groups is 1. The van der Waals surface area contributed by atoms with Gasteiger partial charge in [-0.15, -0.1) is 0 Å². The van der Waals surface area contributed by atoms with Crippen LogP contribution in [0.15, 0.2) is 0 Å². The predicted octanol–water partition coefficient (Wildman–Crippen LogP) is 20.6. The van der Waals surface area contributed by atoms with Gasteiger partial charge in [0.15, 0.2) is 0 Å². The van der Waals surface area contributed by atoms with Gasteiger partial charge in [-0.25, -0.2) is 4.57 Å². The molecule has 4 N–H and O–H groups in total. The highest BCUT2D eigenvalue weighted by Gasteiger charge is 3.05. The van der Waals surface area contributed by atoms with Gasteiger partial charge in [-0.2, -0.15) is 290 Å². The second kappa shape index (κ2) is 29.9. The Kier molecular flexibility index (Phi) is 29.2. The van der Waals surface area contributed by atoms with E-state index in [4.69, 9.17) is 15.1 Å². The molecule has 7 nitrogen and oxygen atoms in total. The molecule has 0 aromatic rings. The molecule has 0 atom stereocenters. The fourth-order valence-electron chi connectivity index (χ4n) is 6.76. The summed E-state index contributed by atoms with van der Waals surface area (Å²) < 4.78 is 929. The summed E-state index contributed by atoms with van der Waals surface area (Å²) >= 11 is 0. The molecular weight excluding hydrogens is 1880 g/mol. The second-order valence-corrected chi connectivity index (χ2v) is 22.8. The Morgan fingerprint density at radius 1 is 0.193 bits per heavy atom.